The number of fused-ring (bicyclic) bond motifs is 2. The molecule has 4 heteroatoms. The highest BCUT2D eigenvalue weighted by molar-refractivity contribution is 5.86. The molecule has 3 rings (SSSR count). The molecular weight excluding hydrogens is 230 g/mol. The normalized spacial score (nSPS) is 37.6. The first-order valence-corrected chi connectivity index (χ1v) is 6.85. The smallest absolute Gasteiger partial charge is 0.307 e. The quantitative estimate of drug-likeness (QED) is 0.741. The number of amides is 1. The van der Waals surface area contributed by atoms with Crippen LogP contribution in [0.5, 0.6) is 0 Å². The second-order valence-electron chi connectivity index (χ2n) is 5.88. The molecule has 2 N–H and O–H groups in total. The van der Waals surface area contributed by atoms with Gasteiger partial charge in [-0.2, -0.15) is 0 Å². The minimum Gasteiger partial charge on any atom is -0.481 e. The molecule has 3 aliphatic rings. The average Bonchev–Trinajstić information content (AvgIpc) is 2.85. The van der Waals surface area contributed by atoms with E-state index in [0.29, 0.717) is 5.92 Å². The molecule has 0 aliphatic heterocycles. The van der Waals surface area contributed by atoms with Gasteiger partial charge in [0, 0.05) is 6.54 Å². The highest BCUT2D eigenvalue weighted by Crippen LogP contribution is 2.48. The van der Waals surface area contributed by atoms with Crippen LogP contribution in [-0.2, 0) is 9.59 Å². The zero-order valence-corrected chi connectivity index (χ0v) is 10.3. The molecule has 2 bridgehead atoms. The van der Waals surface area contributed by atoms with Gasteiger partial charge in [-0.05, 0) is 37.0 Å². The molecule has 0 saturated heterocycles. The lowest BCUT2D eigenvalue weighted by Gasteiger charge is -2.28. The lowest BCUT2D eigenvalue weighted by molar-refractivity contribution is -0.147. The van der Waals surface area contributed by atoms with E-state index >= 15 is 0 Å². The molecule has 0 aromatic heterocycles. The fourth-order valence-electron chi connectivity index (χ4n) is 3.58. The number of carbonyl (C=O) groups is 2. The van der Waals surface area contributed by atoms with Crippen LogP contribution in [0.25, 0.3) is 0 Å². The van der Waals surface area contributed by atoms with E-state index < -0.39 is 11.9 Å². The number of hydrogen-bond donors (Lipinski definition) is 2. The van der Waals surface area contributed by atoms with Gasteiger partial charge in [-0.25, -0.2) is 0 Å². The van der Waals surface area contributed by atoms with E-state index in [1.165, 1.54) is 19.3 Å². The van der Waals surface area contributed by atoms with Crippen LogP contribution in [0.4, 0.5) is 0 Å². The van der Waals surface area contributed by atoms with Gasteiger partial charge in [0.15, 0.2) is 0 Å². The molecule has 3 aliphatic carbocycles. The van der Waals surface area contributed by atoms with Gasteiger partial charge in [0.2, 0.25) is 5.91 Å². The van der Waals surface area contributed by atoms with Gasteiger partial charge in [-0.3, -0.25) is 9.59 Å². The van der Waals surface area contributed by atoms with Crippen molar-refractivity contribution in [2.24, 2.45) is 29.6 Å². The van der Waals surface area contributed by atoms with Crippen molar-refractivity contribution in [3.8, 4) is 0 Å². The Morgan fingerprint density at radius 3 is 2.39 bits per heavy atom. The number of carbonyl (C=O) groups excluding carboxylic acids is 1. The number of aliphatic carboxylic acids is 1. The van der Waals surface area contributed by atoms with E-state index in [9.17, 15) is 14.7 Å². The average molecular weight is 249 g/mol. The Kier molecular flexibility index (Phi) is 2.88. The third-order valence-electron chi connectivity index (χ3n) is 4.84. The molecule has 4 atom stereocenters. The fraction of sp³-hybridized carbons (Fsp3) is 0.714. The highest BCUT2D eigenvalue weighted by atomic mass is 16.4. The van der Waals surface area contributed by atoms with Gasteiger partial charge in [-0.15, -0.1) is 0 Å². The van der Waals surface area contributed by atoms with Crippen LogP contribution in [0.2, 0.25) is 0 Å². The molecule has 0 aromatic rings. The van der Waals surface area contributed by atoms with Crippen LogP contribution < -0.4 is 5.32 Å². The van der Waals surface area contributed by atoms with E-state index in [1.54, 1.807) is 0 Å². The summed E-state index contributed by atoms with van der Waals surface area (Å²) in [5.74, 6) is -0.920. The van der Waals surface area contributed by atoms with Crippen LogP contribution in [0.15, 0.2) is 12.2 Å². The van der Waals surface area contributed by atoms with E-state index in [1.807, 2.05) is 12.2 Å². The summed E-state index contributed by atoms with van der Waals surface area (Å²) in [5, 5.41) is 12.2. The predicted octanol–water partition coefficient (Wildman–Crippen LogP) is 1.43. The Hall–Kier alpha value is -1.32. The third-order valence-corrected chi connectivity index (χ3v) is 4.84. The fourth-order valence-corrected chi connectivity index (χ4v) is 3.58. The topological polar surface area (TPSA) is 66.4 Å². The van der Waals surface area contributed by atoms with Crippen molar-refractivity contribution in [3.05, 3.63) is 12.2 Å². The van der Waals surface area contributed by atoms with Crippen molar-refractivity contribution in [3.63, 3.8) is 0 Å². The molecule has 0 spiro atoms. The maximum Gasteiger partial charge on any atom is 0.307 e. The molecule has 1 amide bonds. The summed E-state index contributed by atoms with van der Waals surface area (Å²) in [4.78, 5) is 23.5. The number of allylic oxidation sites excluding steroid dienone is 2. The Balaban J connectivity index is 1.64. The summed E-state index contributed by atoms with van der Waals surface area (Å²) < 4.78 is 0. The molecular formula is C14H19NO3. The first-order chi connectivity index (χ1) is 8.66. The summed E-state index contributed by atoms with van der Waals surface area (Å²) in [6.07, 6.45) is 8.48. The van der Waals surface area contributed by atoms with Crippen molar-refractivity contribution in [2.75, 3.05) is 6.54 Å². The molecule has 2 fully saturated rings. The van der Waals surface area contributed by atoms with Crippen molar-refractivity contribution in [1.82, 2.24) is 5.32 Å². The molecule has 0 heterocycles. The first kappa shape index (κ1) is 11.8. The first-order valence-electron chi connectivity index (χ1n) is 6.85. The largest absolute Gasteiger partial charge is 0.481 e. The second kappa shape index (κ2) is 4.41. The minimum atomic E-state index is -0.823. The molecule has 0 aromatic carbocycles. The zero-order chi connectivity index (χ0) is 12.7. The maximum atomic E-state index is 12.2. The molecule has 18 heavy (non-hydrogen) atoms. The van der Waals surface area contributed by atoms with Crippen LogP contribution in [0, 0.1) is 29.6 Å². The minimum absolute atomic E-state index is 0.0499. The molecule has 0 radical (unpaired) electrons. The maximum absolute atomic E-state index is 12.2. The van der Waals surface area contributed by atoms with E-state index in [2.05, 4.69) is 5.32 Å². The van der Waals surface area contributed by atoms with Gasteiger partial charge in [0.05, 0.1) is 11.8 Å². The summed E-state index contributed by atoms with van der Waals surface area (Å²) >= 11 is 0. The van der Waals surface area contributed by atoms with Crippen molar-refractivity contribution >= 4 is 11.9 Å². The summed E-state index contributed by atoms with van der Waals surface area (Å²) in [6.45, 7) is 0.725. The number of carboxylic acids is 1. The van der Waals surface area contributed by atoms with Crippen molar-refractivity contribution in [1.29, 1.82) is 0 Å². The van der Waals surface area contributed by atoms with Crippen LogP contribution >= 0.6 is 0 Å². The van der Waals surface area contributed by atoms with Gasteiger partial charge in [0.25, 0.3) is 0 Å². The summed E-state index contributed by atoms with van der Waals surface area (Å²) in [7, 11) is 0. The van der Waals surface area contributed by atoms with Gasteiger partial charge >= 0.3 is 5.97 Å². The SMILES string of the molecule is O=C(O)[C@@H]1C2C=CC(C2)[C@@H]1C(=O)NCC1CCC1. The predicted molar refractivity (Wildman–Crippen MR) is 65.7 cm³/mol. The number of carboxylic acid groups (broad SMARTS) is 1. The highest BCUT2D eigenvalue weighted by Gasteiger charge is 2.51. The Morgan fingerprint density at radius 1 is 1.17 bits per heavy atom. The van der Waals surface area contributed by atoms with Crippen LogP contribution in [-0.4, -0.2) is 23.5 Å². The zero-order valence-electron chi connectivity index (χ0n) is 10.3. The lowest BCUT2D eigenvalue weighted by atomic mass is 9.81. The Morgan fingerprint density at radius 2 is 1.83 bits per heavy atom. The summed E-state index contributed by atoms with van der Waals surface area (Å²) in [6, 6.07) is 0. The molecule has 2 unspecified atom stereocenters. The third kappa shape index (κ3) is 1.84. The second-order valence-corrected chi connectivity index (χ2v) is 5.88. The monoisotopic (exact) mass is 249 g/mol. The van der Waals surface area contributed by atoms with Crippen molar-refractivity contribution in [2.45, 2.75) is 25.7 Å². The van der Waals surface area contributed by atoms with Gasteiger partial charge in [0.1, 0.15) is 0 Å². The lowest BCUT2D eigenvalue weighted by Crippen LogP contribution is -2.42. The van der Waals surface area contributed by atoms with E-state index in [-0.39, 0.29) is 23.7 Å². The summed E-state index contributed by atoms with van der Waals surface area (Å²) in [5.41, 5.74) is 0. The molecule has 4 nitrogen and oxygen atoms in total. The number of nitrogens with one attached hydrogen (secondary N) is 1. The van der Waals surface area contributed by atoms with Gasteiger partial charge in [-0.1, -0.05) is 18.6 Å². The van der Waals surface area contributed by atoms with E-state index in [0.717, 1.165) is 13.0 Å². The standard InChI is InChI=1S/C14H19NO3/c16-13(15-7-8-2-1-3-8)11-9-4-5-10(6-9)12(11)14(17)18/h4-5,8-12H,1-3,6-7H2,(H,15,16)(H,17,18)/t9?,10?,11-,12+/m0/s1. The Bertz CT molecular complexity index is 400. The van der Waals surface area contributed by atoms with Gasteiger partial charge < -0.3 is 10.4 Å². The van der Waals surface area contributed by atoms with Crippen LogP contribution in [0.3, 0.4) is 0 Å². The van der Waals surface area contributed by atoms with Crippen molar-refractivity contribution < 1.29 is 14.7 Å². The number of rotatable bonds is 4. The number of hydrogen-bond acceptors (Lipinski definition) is 2. The van der Waals surface area contributed by atoms with Crippen LogP contribution in [0.1, 0.15) is 25.7 Å². The Labute approximate surface area is 106 Å². The molecule has 2 saturated carbocycles. The van der Waals surface area contributed by atoms with E-state index in [4.69, 9.17) is 0 Å². The molecule has 98 valence electrons.